The molecule has 0 unspecified atom stereocenters. The summed E-state index contributed by atoms with van der Waals surface area (Å²) in [5.41, 5.74) is -0.0607. The average Bonchev–Trinajstić information content (AvgIpc) is 2.64. The van der Waals surface area contributed by atoms with Crippen molar-refractivity contribution in [2.45, 2.75) is 85.0 Å². The third-order valence-corrected chi connectivity index (χ3v) is 9.30. The lowest BCUT2D eigenvalue weighted by atomic mass is 9.87. The van der Waals surface area contributed by atoms with E-state index in [0.717, 1.165) is 25.3 Å². The third kappa shape index (κ3) is 5.10. The van der Waals surface area contributed by atoms with Gasteiger partial charge in [0.2, 0.25) is 0 Å². The molecule has 1 heterocycles. The van der Waals surface area contributed by atoms with Crippen LogP contribution in [0.5, 0.6) is 0 Å². The van der Waals surface area contributed by atoms with E-state index in [2.05, 4.69) is 61.6 Å². The fraction of sp³-hybridized carbons (Fsp3) is 0.941. The normalized spacial score (nSPS) is 19.4. The summed E-state index contributed by atoms with van der Waals surface area (Å²) in [6.07, 6.45) is 2.11. The Kier molecular flexibility index (Phi) is 5.37. The van der Waals surface area contributed by atoms with Crippen molar-refractivity contribution in [1.29, 1.82) is 0 Å². The quantitative estimate of drug-likeness (QED) is 0.509. The molecule has 0 aromatic rings. The van der Waals surface area contributed by atoms with Crippen LogP contribution in [0.3, 0.4) is 0 Å². The highest BCUT2D eigenvalue weighted by Crippen LogP contribution is 2.37. The second kappa shape index (κ2) is 6.03. The van der Waals surface area contributed by atoms with Gasteiger partial charge in [0.15, 0.2) is 14.2 Å². The van der Waals surface area contributed by atoms with Crippen molar-refractivity contribution in [3.05, 3.63) is 0 Å². The lowest BCUT2D eigenvalue weighted by molar-refractivity contribution is 0.230. The minimum atomic E-state index is -1.62. The Morgan fingerprint density at radius 3 is 2.19 bits per heavy atom. The zero-order valence-electron chi connectivity index (χ0n) is 15.6. The summed E-state index contributed by atoms with van der Waals surface area (Å²) in [6.45, 7) is 21.7. The van der Waals surface area contributed by atoms with E-state index >= 15 is 0 Å². The van der Waals surface area contributed by atoms with E-state index < -0.39 is 8.32 Å². The molecule has 0 N–H and O–H groups in total. The first kappa shape index (κ1) is 18.7. The molecule has 3 nitrogen and oxygen atoms in total. The smallest absolute Gasteiger partial charge is 0.191 e. The molecule has 1 aliphatic rings. The molecule has 0 saturated heterocycles. The van der Waals surface area contributed by atoms with Crippen LogP contribution in [-0.4, -0.2) is 33.0 Å². The van der Waals surface area contributed by atoms with Gasteiger partial charge in [0.05, 0.1) is 5.54 Å². The largest absolute Gasteiger partial charge is 0.478 e. The number of hydrogen-bond donors (Lipinski definition) is 0. The monoisotopic (exact) mass is 313 g/mol. The zero-order valence-corrected chi connectivity index (χ0v) is 16.6. The highest BCUT2D eigenvalue weighted by atomic mass is 28.4. The topological polar surface area (TPSA) is 30.8 Å². The van der Waals surface area contributed by atoms with E-state index in [0.29, 0.717) is 6.61 Å². The first-order valence-electron chi connectivity index (χ1n) is 8.14. The van der Waals surface area contributed by atoms with E-state index in [4.69, 9.17) is 14.2 Å². The molecule has 1 rings (SSSR count). The Morgan fingerprint density at radius 1 is 1.19 bits per heavy atom. The first-order chi connectivity index (χ1) is 9.27. The molecule has 0 aromatic heterocycles. The van der Waals surface area contributed by atoms with E-state index in [1.807, 2.05) is 0 Å². The van der Waals surface area contributed by atoms with Crippen molar-refractivity contribution >= 4 is 14.2 Å². The van der Waals surface area contributed by atoms with Crippen molar-refractivity contribution in [3.63, 3.8) is 0 Å². The molecule has 0 amide bonds. The second-order valence-electron chi connectivity index (χ2n) is 9.11. The van der Waals surface area contributed by atoms with E-state index in [1.54, 1.807) is 0 Å². The van der Waals surface area contributed by atoms with Crippen LogP contribution in [0.1, 0.15) is 61.3 Å². The van der Waals surface area contributed by atoms with Crippen molar-refractivity contribution in [1.82, 2.24) is 0 Å². The Morgan fingerprint density at radius 2 is 1.76 bits per heavy atom. The number of ether oxygens (including phenoxy) is 1. The van der Waals surface area contributed by atoms with Gasteiger partial charge in [-0.05, 0) is 44.8 Å². The number of hydrogen-bond acceptors (Lipinski definition) is 3. The second-order valence-corrected chi connectivity index (χ2v) is 13.9. The molecule has 4 heteroatoms. The average molecular weight is 314 g/mol. The van der Waals surface area contributed by atoms with Gasteiger partial charge in [-0.15, -0.1) is 0 Å². The molecule has 0 aromatic carbocycles. The van der Waals surface area contributed by atoms with Crippen LogP contribution in [0.4, 0.5) is 0 Å². The van der Waals surface area contributed by atoms with E-state index in [-0.39, 0.29) is 16.0 Å². The van der Waals surface area contributed by atoms with E-state index in [9.17, 15) is 0 Å². The van der Waals surface area contributed by atoms with Crippen molar-refractivity contribution in [3.8, 4) is 0 Å². The summed E-state index contributed by atoms with van der Waals surface area (Å²) >= 11 is 0. The van der Waals surface area contributed by atoms with Gasteiger partial charge in [0.1, 0.15) is 6.61 Å². The fourth-order valence-corrected chi connectivity index (χ4v) is 3.18. The lowest BCUT2D eigenvalue weighted by Gasteiger charge is -2.36. The molecular weight excluding hydrogens is 278 g/mol. The van der Waals surface area contributed by atoms with Gasteiger partial charge in [-0.2, -0.15) is 0 Å². The molecule has 0 radical (unpaired) electrons. The van der Waals surface area contributed by atoms with E-state index in [1.165, 1.54) is 0 Å². The van der Waals surface area contributed by atoms with Crippen LogP contribution in [0.15, 0.2) is 4.99 Å². The molecule has 0 fully saturated rings. The maximum Gasteiger partial charge on any atom is 0.191 e. The highest BCUT2D eigenvalue weighted by Gasteiger charge is 2.38. The van der Waals surface area contributed by atoms with Crippen molar-refractivity contribution in [2.75, 3.05) is 13.2 Å². The Balaban J connectivity index is 2.46. The van der Waals surface area contributed by atoms with Crippen LogP contribution in [0.25, 0.3) is 0 Å². The third-order valence-electron chi connectivity index (χ3n) is 4.76. The molecule has 0 spiro atoms. The van der Waals surface area contributed by atoms with Gasteiger partial charge in [-0.1, -0.05) is 34.6 Å². The van der Waals surface area contributed by atoms with Crippen LogP contribution < -0.4 is 0 Å². The van der Waals surface area contributed by atoms with Crippen LogP contribution in [-0.2, 0) is 9.16 Å². The lowest BCUT2D eigenvalue weighted by Crippen LogP contribution is -2.41. The molecule has 0 aliphatic carbocycles. The molecule has 1 aliphatic heterocycles. The maximum atomic E-state index is 6.25. The van der Waals surface area contributed by atoms with Crippen LogP contribution in [0, 0.1) is 5.41 Å². The predicted molar refractivity (Wildman–Crippen MR) is 93.6 cm³/mol. The first-order valence-corrected chi connectivity index (χ1v) is 11.0. The molecule has 21 heavy (non-hydrogen) atoms. The minimum absolute atomic E-state index is 0.00452. The summed E-state index contributed by atoms with van der Waals surface area (Å²) < 4.78 is 12.1. The van der Waals surface area contributed by atoms with Gasteiger partial charge >= 0.3 is 0 Å². The van der Waals surface area contributed by atoms with Gasteiger partial charge in [0.25, 0.3) is 0 Å². The summed E-state index contributed by atoms with van der Waals surface area (Å²) in [5.74, 6) is 0.917. The maximum absolute atomic E-state index is 6.25. The summed E-state index contributed by atoms with van der Waals surface area (Å²) in [7, 11) is -1.62. The fourth-order valence-electron chi connectivity index (χ4n) is 2.10. The highest BCUT2D eigenvalue weighted by molar-refractivity contribution is 6.74. The Bertz CT molecular complexity index is 392. The van der Waals surface area contributed by atoms with Crippen LogP contribution in [0.2, 0.25) is 18.1 Å². The summed E-state index contributed by atoms with van der Waals surface area (Å²) in [6, 6.07) is 0. The molecule has 124 valence electrons. The molecule has 0 bridgehead atoms. The molecule has 0 atom stereocenters. The summed E-state index contributed by atoms with van der Waals surface area (Å²) in [4.78, 5) is 4.72. The standard InChI is InChI=1S/C17H35NO2Si/c1-15(2,3)21(8,9)20-12-10-11-16(4,5)14-18-17(6,7)13-19-14/h10-13H2,1-9H3. The van der Waals surface area contributed by atoms with Gasteiger partial charge in [-0.25, -0.2) is 4.99 Å². The van der Waals surface area contributed by atoms with Gasteiger partial charge < -0.3 is 9.16 Å². The number of rotatable bonds is 6. The minimum Gasteiger partial charge on any atom is -0.478 e. The van der Waals surface area contributed by atoms with Crippen LogP contribution >= 0.6 is 0 Å². The van der Waals surface area contributed by atoms with Crippen molar-refractivity contribution in [2.24, 2.45) is 10.4 Å². The Labute approximate surface area is 132 Å². The number of aliphatic imine (C=N–C) groups is 1. The predicted octanol–water partition coefficient (Wildman–Crippen LogP) is 5.02. The molecule has 0 saturated carbocycles. The Hall–Kier alpha value is -0.353. The number of nitrogens with zero attached hydrogens (tertiary/aromatic N) is 1. The van der Waals surface area contributed by atoms with Crippen molar-refractivity contribution < 1.29 is 9.16 Å². The molecular formula is C17H35NO2Si. The zero-order chi connectivity index (χ0) is 16.5. The summed E-state index contributed by atoms with van der Waals surface area (Å²) in [5, 5.41) is 0.283. The SMILES string of the molecule is CC1(C)COC(C(C)(C)CCCO[Si](C)(C)C(C)(C)C)=N1. The van der Waals surface area contributed by atoms with Gasteiger partial charge in [0, 0.05) is 12.0 Å². The van der Waals surface area contributed by atoms with Gasteiger partial charge in [-0.3, -0.25) is 0 Å².